The molecule has 1 aliphatic rings. The van der Waals surface area contributed by atoms with E-state index in [1.54, 1.807) is 0 Å². The molecule has 1 atom stereocenters. The Balaban J connectivity index is 2.47. The Hall–Kier alpha value is -0.570. The van der Waals surface area contributed by atoms with Gasteiger partial charge in [-0.2, -0.15) is 0 Å². The summed E-state index contributed by atoms with van der Waals surface area (Å²) < 4.78 is 0. The summed E-state index contributed by atoms with van der Waals surface area (Å²) in [7, 11) is 0. The van der Waals surface area contributed by atoms with Crippen LogP contribution in [0.4, 0.5) is 0 Å². The standard InChI is InChI=1S/C11H22N2O/c1-8(2)9(3)10(14)13-11(7-12)5-4-6-11/h8-9H,4-7,12H2,1-3H3,(H,13,14). The molecule has 1 saturated carbocycles. The van der Waals surface area contributed by atoms with Crippen molar-refractivity contribution in [2.75, 3.05) is 6.54 Å². The van der Waals surface area contributed by atoms with E-state index >= 15 is 0 Å². The molecule has 3 heteroatoms. The Labute approximate surface area is 86.4 Å². The first kappa shape index (κ1) is 11.5. The third-order valence-electron chi connectivity index (χ3n) is 3.50. The Morgan fingerprint density at radius 1 is 1.43 bits per heavy atom. The topological polar surface area (TPSA) is 55.1 Å². The van der Waals surface area contributed by atoms with Crippen molar-refractivity contribution in [2.45, 2.75) is 45.6 Å². The van der Waals surface area contributed by atoms with Crippen LogP contribution in [0.15, 0.2) is 0 Å². The van der Waals surface area contributed by atoms with Gasteiger partial charge in [0.15, 0.2) is 0 Å². The molecule has 0 aromatic heterocycles. The minimum Gasteiger partial charge on any atom is -0.349 e. The summed E-state index contributed by atoms with van der Waals surface area (Å²) in [4.78, 5) is 11.8. The molecule has 0 heterocycles. The van der Waals surface area contributed by atoms with Gasteiger partial charge in [-0.05, 0) is 25.2 Å². The van der Waals surface area contributed by atoms with Crippen LogP contribution in [0.5, 0.6) is 0 Å². The van der Waals surface area contributed by atoms with E-state index in [0.717, 1.165) is 12.8 Å². The van der Waals surface area contributed by atoms with Gasteiger partial charge in [-0.25, -0.2) is 0 Å². The molecule has 1 amide bonds. The molecule has 1 aliphatic carbocycles. The zero-order chi connectivity index (χ0) is 10.8. The number of carbonyl (C=O) groups excluding carboxylic acids is 1. The normalized spacial score (nSPS) is 21.5. The van der Waals surface area contributed by atoms with Crippen molar-refractivity contribution < 1.29 is 4.79 Å². The molecule has 1 rings (SSSR count). The Morgan fingerprint density at radius 3 is 2.29 bits per heavy atom. The third-order valence-corrected chi connectivity index (χ3v) is 3.50. The molecule has 0 bridgehead atoms. The number of nitrogens with one attached hydrogen (secondary N) is 1. The molecule has 1 unspecified atom stereocenters. The van der Waals surface area contributed by atoms with Crippen LogP contribution < -0.4 is 11.1 Å². The highest BCUT2D eigenvalue weighted by molar-refractivity contribution is 5.79. The highest BCUT2D eigenvalue weighted by Gasteiger charge is 2.37. The Bertz CT molecular complexity index is 204. The molecular formula is C11H22N2O. The molecule has 0 aliphatic heterocycles. The summed E-state index contributed by atoms with van der Waals surface area (Å²) in [5.74, 6) is 0.633. The van der Waals surface area contributed by atoms with Crippen molar-refractivity contribution in [3.8, 4) is 0 Å². The number of amides is 1. The van der Waals surface area contributed by atoms with Gasteiger partial charge in [0.2, 0.25) is 5.91 Å². The lowest BCUT2D eigenvalue weighted by atomic mass is 9.76. The maximum atomic E-state index is 11.8. The highest BCUT2D eigenvalue weighted by Crippen LogP contribution is 2.31. The molecular weight excluding hydrogens is 176 g/mol. The van der Waals surface area contributed by atoms with Crippen molar-refractivity contribution in [1.29, 1.82) is 0 Å². The lowest BCUT2D eigenvalue weighted by Gasteiger charge is -2.42. The largest absolute Gasteiger partial charge is 0.349 e. The average Bonchev–Trinajstić information content (AvgIpc) is 2.09. The molecule has 82 valence electrons. The van der Waals surface area contributed by atoms with E-state index in [-0.39, 0.29) is 17.4 Å². The maximum absolute atomic E-state index is 11.8. The summed E-state index contributed by atoms with van der Waals surface area (Å²) >= 11 is 0. The summed E-state index contributed by atoms with van der Waals surface area (Å²) in [6, 6.07) is 0. The predicted molar refractivity (Wildman–Crippen MR) is 57.8 cm³/mol. The average molecular weight is 198 g/mol. The molecule has 0 saturated heterocycles. The SMILES string of the molecule is CC(C)C(C)C(=O)NC1(CN)CCC1. The second kappa shape index (κ2) is 4.30. The van der Waals surface area contributed by atoms with Crippen LogP contribution in [0.25, 0.3) is 0 Å². The van der Waals surface area contributed by atoms with Crippen molar-refractivity contribution in [2.24, 2.45) is 17.6 Å². The second-order valence-electron chi connectivity index (χ2n) is 4.86. The fourth-order valence-corrected chi connectivity index (χ4v) is 1.66. The summed E-state index contributed by atoms with van der Waals surface area (Å²) in [5.41, 5.74) is 5.61. The molecule has 3 N–H and O–H groups in total. The van der Waals surface area contributed by atoms with Crippen molar-refractivity contribution in [3.05, 3.63) is 0 Å². The zero-order valence-corrected chi connectivity index (χ0v) is 9.47. The van der Waals surface area contributed by atoms with Gasteiger partial charge in [0.05, 0.1) is 5.54 Å². The van der Waals surface area contributed by atoms with Gasteiger partial charge in [0.25, 0.3) is 0 Å². The number of carbonyl (C=O) groups is 1. The van der Waals surface area contributed by atoms with Gasteiger partial charge in [0, 0.05) is 12.5 Å². The van der Waals surface area contributed by atoms with Crippen LogP contribution >= 0.6 is 0 Å². The first-order valence-electron chi connectivity index (χ1n) is 5.53. The van der Waals surface area contributed by atoms with E-state index in [2.05, 4.69) is 19.2 Å². The van der Waals surface area contributed by atoms with Crippen LogP contribution in [0.2, 0.25) is 0 Å². The van der Waals surface area contributed by atoms with E-state index < -0.39 is 0 Å². The van der Waals surface area contributed by atoms with Crippen LogP contribution in [-0.2, 0) is 4.79 Å². The van der Waals surface area contributed by atoms with Gasteiger partial charge < -0.3 is 11.1 Å². The van der Waals surface area contributed by atoms with Crippen molar-refractivity contribution in [3.63, 3.8) is 0 Å². The minimum absolute atomic E-state index is 0.0692. The van der Waals surface area contributed by atoms with E-state index in [9.17, 15) is 4.79 Å². The van der Waals surface area contributed by atoms with E-state index in [4.69, 9.17) is 5.73 Å². The smallest absolute Gasteiger partial charge is 0.223 e. The van der Waals surface area contributed by atoms with Gasteiger partial charge >= 0.3 is 0 Å². The molecule has 0 aromatic carbocycles. The van der Waals surface area contributed by atoms with Gasteiger partial charge in [0.1, 0.15) is 0 Å². The van der Waals surface area contributed by atoms with Gasteiger partial charge in [-0.3, -0.25) is 4.79 Å². The number of rotatable bonds is 4. The van der Waals surface area contributed by atoms with E-state index in [0.29, 0.717) is 12.5 Å². The number of hydrogen-bond acceptors (Lipinski definition) is 2. The number of hydrogen-bond donors (Lipinski definition) is 2. The summed E-state index contributed by atoms with van der Waals surface area (Å²) in [5, 5.41) is 3.10. The summed E-state index contributed by atoms with van der Waals surface area (Å²) in [6.07, 6.45) is 3.27. The second-order valence-corrected chi connectivity index (χ2v) is 4.86. The zero-order valence-electron chi connectivity index (χ0n) is 9.47. The van der Waals surface area contributed by atoms with Gasteiger partial charge in [-0.1, -0.05) is 20.8 Å². The highest BCUT2D eigenvalue weighted by atomic mass is 16.2. The van der Waals surface area contributed by atoms with Gasteiger partial charge in [-0.15, -0.1) is 0 Å². The molecule has 0 spiro atoms. The quantitative estimate of drug-likeness (QED) is 0.715. The lowest BCUT2D eigenvalue weighted by Crippen LogP contribution is -2.59. The monoisotopic (exact) mass is 198 g/mol. The van der Waals surface area contributed by atoms with E-state index in [1.165, 1.54) is 6.42 Å². The van der Waals surface area contributed by atoms with Crippen LogP contribution in [0.3, 0.4) is 0 Å². The van der Waals surface area contributed by atoms with Crippen molar-refractivity contribution >= 4 is 5.91 Å². The fraction of sp³-hybridized carbons (Fsp3) is 0.909. The minimum atomic E-state index is -0.0692. The lowest BCUT2D eigenvalue weighted by molar-refractivity contribution is -0.128. The first-order chi connectivity index (χ1) is 6.51. The molecule has 0 radical (unpaired) electrons. The fourth-order valence-electron chi connectivity index (χ4n) is 1.66. The molecule has 1 fully saturated rings. The Morgan fingerprint density at radius 2 is 2.00 bits per heavy atom. The maximum Gasteiger partial charge on any atom is 0.223 e. The van der Waals surface area contributed by atoms with Crippen LogP contribution in [-0.4, -0.2) is 18.0 Å². The van der Waals surface area contributed by atoms with E-state index in [1.807, 2.05) is 6.92 Å². The molecule has 0 aromatic rings. The molecule has 3 nitrogen and oxygen atoms in total. The van der Waals surface area contributed by atoms with Crippen molar-refractivity contribution in [1.82, 2.24) is 5.32 Å². The molecule has 14 heavy (non-hydrogen) atoms. The number of nitrogens with two attached hydrogens (primary N) is 1. The first-order valence-corrected chi connectivity index (χ1v) is 5.53. The van der Waals surface area contributed by atoms with Crippen LogP contribution in [0.1, 0.15) is 40.0 Å². The predicted octanol–water partition coefficient (Wildman–Crippen LogP) is 1.28. The Kier molecular flexibility index (Phi) is 3.53. The summed E-state index contributed by atoms with van der Waals surface area (Å²) in [6.45, 7) is 6.69. The third kappa shape index (κ3) is 2.27. The van der Waals surface area contributed by atoms with Crippen LogP contribution in [0, 0.1) is 11.8 Å².